The summed E-state index contributed by atoms with van der Waals surface area (Å²) in [6.45, 7) is 4.55. The number of hydrogen-bond donors (Lipinski definition) is 10. The molecule has 2 unspecified atom stereocenters. The lowest BCUT2D eigenvalue weighted by molar-refractivity contribution is -0.700. The summed E-state index contributed by atoms with van der Waals surface area (Å²) in [5.74, 6) is -0.420. The Morgan fingerprint density at radius 1 is 0.986 bits per heavy atom. The van der Waals surface area contributed by atoms with Crippen LogP contribution in [0.2, 0.25) is 0 Å². The van der Waals surface area contributed by atoms with Gasteiger partial charge in [0.1, 0.15) is 36.2 Å². The van der Waals surface area contributed by atoms with Crippen LogP contribution in [0, 0.1) is 0 Å². The largest absolute Gasteiger partial charge is 0.480 e. The van der Waals surface area contributed by atoms with Gasteiger partial charge in [-0.25, -0.2) is 38.2 Å². The summed E-state index contributed by atoms with van der Waals surface area (Å²) in [6, 6.07) is 10.0. The molecule has 6 rings (SSSR count). The minimum Gasteiger partial charge on any atom is -0.439 e. The summed E-state index contributed by atoms with van der Waals surface area (Å²) in [7, 11) is -21.2. The van der Waals surface area contributed by atoms with E-state index in [2.05, 4.69) is 39.3 Å². The maximum atomic E-state index is 13.0. The van der Waals surface area contributed by atoms with E-state index in [0.29, 0.717) is 35.9 Å². The molecule has 2 amide bonds. The topological polar surface area (TPSA) is 421 Å². The summed E-state index contributed by atoms with van der Waals surface area (Å²) < 4.78 is 97.3. The molecular weight excluding hydrogens is 1040 g/mol. The number of phosphoric ester groups is 1. The molecule has 1 saturated heterocycles. The van der Waals surface area contributed by atoms with E-state index in [1.54, 1.807) is 22.8 Å². The highest BCUT2D eigenvalue weighted by Crippen LogP contribution is 2.61. The first-order chi connectivity index (χ1) is 33.9. The van der Waals surface area contributed by atoms with E-state index < -0.39 is 76.3 Å². The smallest absolute Gasteiger partial charge is 0.439 e. The number of anilines is 2. The lowest BCUT2D eigenvalue weighted by Crippen LogP contribution is -2.41. The Kier molecular flexibility index (Phi) is 18.2. The number of nitrogens with zero attached hydrogens (tertiary/aromatic N) is 6. The highest BCUT2D eigenvalue weighted by molar-refractivity contribution is 7.85. The molecule has 1 aliphatic rings. The standard InChI is InChI=1S/C39H51N10O19P3S/c1-3-47(4-2)27-12-9-24-18-25(38(52)66-29(24)19-27)10-11-26-13-14-28(72(61,62)63)20-48(26)17-7-5-6-8-31(50)41-15-16-42-39(53)67-34-33(51)30(21-64-71(59,60)68-70(57,58)46-69(54,55)56)65-37(34)49-23-45-32-35(40)43-22-44-36(32)49/h9-14,18-20,22-23,30,33-34,37,51H,3-8,15-17,21H2,1-2H3,(H9-,40,41,42,43,44,46,50,53,54,55,56,57,58,59,60,61,62,63)/p+1/t30-,33-,34-,37-/m1/s1. The van der Waals surface area contributed by atoms with Gasteiger partial charge in [-0.05, 0) is 57.0 Å². The van der Waals surface area contributed by atoms with Gasteiger partial charge in [0, 0.05) is 68.3 Å². The first-order valence-corrected chi connectivity index (χ1v) is 27.9. The minimum absolute atomic E-state index is 0.0418. The molecule has 29 nitrogen and oxygen atoms in total. The average molecular weight is 1090 g/mol. The molecule has 0 aliphatic carbocycles. The van der Waals surface area contributed by atoms with Crippen molar-refractivity contribution in [1.82, 2.24) is 35.0 Å². The molecule has 5 aromatic rings. The molecular formula is C39H52N10O19P3S+. The minimum atomic E-state index is -5.62. The van der Waals surface area contributed by atoms with Gasteiger partial charge in [-0.1, -0.05) is 0 Å². The number of amides is 2. The molecule has 6 atom stereocenters. The quantitative estimate of drug-likeness (QED) is 0.0138. The number of alkyl carbamates (subject to hydrolysis) is 1. The van der Waals surface area contributed by atoms with Crippen LogP contribution in [-0.4, -0.2) is 120 Å². The zero-order valence-electron chi connectivity index (χ0n) is 38.2. The van der Waals surface area contributed by atoms with E-state index in [4.69, 9.17) is 29.4 Å². The summed E-state index contributed by atoms with van der Waals surface area (Å²) in [6.07, 6.45) is 0.402. The molecule has 4 aromatic heterocycles. The number of aliphatic hydroxyl groups is 1. The van der Waals surface area contributed by atoms with Crippen molar-refractivity contribution < 1.29 is 88.2 Å². The first-order valence-electron chi connectivity index (χ1n) is 21.7. The molecule has 72 heavy (non-hydrogen) atoms. The number of pyridine rings is 1. The highest BCUT2D eigenvalue weighted by Gasteiger charge is 2.49. The Labute approximate surface area is 409 Å². The van der Waals surface area contributed by atoms with Crippen LogP contribution in [0.4, 0.5) is 16.3 Å². The van der Waals surface area contributed by atoms with Gasteiger partial charge in [0.2, 0.25) is 11.6 Å². The summed E-state index contributed by atoms with van der Waals surface area (Å²) in [4.78, 5) is 90.5. The highest BCUT2D eigenvalue weighted by atomic mass is 32.2. The fourth-order valence-electron chi connectivity index (χ4n) is 7.37. The molecule has 392 valence electrons. The van der Waals surface area contributed by atoms with Gasteiger partial charge in [0.25, 0.3) is 10.1 Å². The number of aliphatic hydroxyl groups excluding tert-OH is 1. The second kappa shape index (κ2) is 23.5. The number of aromatic nitrogens is 5. The second-order valence-electron chi connectivity index (χ2n) is 15.8. The van der Waals surface area contributed by atoms with Crippen LogP contribution in [0.15, 0.2) is 69.4 Å². The van der Waals surface area contributed by atoms with Crippen LogP contribution in [0.25, 0.3) is 34.3 Å². The van der Waals surface area contributed by atoms with Crippen LogP contribution in [0.5, 0.6) is 0 Å². The summed E-state index contributed by atoms with van der Waals surface area (Å²) in [5.41, 5.74) is 7.55. The molecule has 0 saturated carbocycles. The van der Waals surface area contributed by atoms with E-state index in [0.717, 1.165) is 36.3 Å². The predicted octanol–water partition coefficient (Wildman–Crippen LogP) is 1.71. The molecule has 1 aliphatic heterocycles. The van der Waals surface area contributed by atoms with Gasteiger partial charge in [0.15, 0.2) is 34.9 Å². The number of unbranched alkanes of at least 4 members (excludes halogenated alkanes) is 2. The number of fused-ring (bicyclic) bond motifs is 2. The van der Waals surface area contributed by atoms with E-state index in [1.807, 2.05) is 32.0 Å². The number of nitrogens with one attached hydrogen (secondary N) is 3. The third-order valence-corrected chi connectivity index (χ3v) is 15.8. The van der Waals surface area contributed by atoms with Crippen molar-refractivity contribution in [3.05, 3.63) is 76.9 Å². The Morgan fingerprint density at radius 3 is 2.43 bits per heavy atom. The average Bonchev–Trinajstić information content (AvgIpc) is 3.86. The SMILES string of the molecule is CCN(CC)c1ccc2cc(/C=C/c3ccc(S(=O)(=O)O)c[n+]3CCCCCC(=O)NCCNC(=O)O[C@@H]3[C@H](O)[C@@H](COP(=O)(O)OP(=O)(O)NP(=O)(O)O)O[C@H]3n3cnc4c(N)ncnc43)c(=O)oc2c1. The normalized spacial score (nSPS) is 19.1. The van der Waals surface area contributed by atoms with E-state index >= 15 is 0 Å². The van der Waals surface area contributed by atoms with Gasteiger partial charge in [-0.2, -0.15) is 17.3 Å². The molecule has 1 fully saturated rings. The van der Waals surface area contributed by atoms with E-state index in [1.165, 1.54) is 22.9 Å². The maximum absolute atomic E-state index is 13.0. The van der Waals surface area contributed by atoms with Crippen LogP contribution >= 0.6 is 23.3 Å². The Balaban J connectivity index is 0.993. The molecule has 5 heterocycles. The van der Waals surface area contributed by atoms with E-state index in [9.17, 15) is 55.9 Å². The van der Waals surface area contributed by atoms with Crippen LogP contribution in [-0.2, 0) is 53.5 Å². The van der Waals surface area contributed by atoms with Crippen LogP contribution < -0.4 is 36.3 Å². The van der Waals surface area contributed by atoms with Gasteiger partial charge in [0.05, 0.1) is 18.5 Å². The van der Waals surface area contributed by atoms with Gasteiger partial charge >= 0.3 is 35.0 Å². The zero-order valence-corrected chi connectivity index (χ0v) is 41.7. The Hall–Kier alpha value is -5.55. The van der Waals surface area contributed by atoms with Gasteiger partial charge in [-0.3, -0.25) is 18.4 Å². The van der Waals surface area contributed by atoms with Crippen molar-refractivity contribution in [3.63, 3.8) is 0 Å². The third kappa shape index (κ3) is 15.0. The molecule has 1 aromatic carbocycles. The number of ether oxygens (including phenoxy) is 2. The number of hydrogen-bond acceptors (Lipinski definition) is 19. The third-order valence-electron chi connectivity index (χ3n) is 10.7. The lowest BCUT2D eigenvalue weighted by Gasteiger charge is -2.22. The van der Waals surface area contributed by atoms with Gasteiger partial charge in [-0.15, -0.1) is 4.86 Å². The Morgan fingerprint density at radius 2 is 1.72 bits per heavy atom. The van der Waals surface area contributed by atoms with Crippen LogP contribution in [0.1, 0.15) is 57.0 Å². The number of aryl methyl sites for hydroxylation is 1. The van der Waals surface area contributed by atoms with Crippen molar-refractivity contribution >= 4 is 91.2 Å². The molecule has 33 heteroatoms. The number of rotatable bonds is 24. The number of nitrogen functional groups attached to an aromatic ring is 1. The number of carbonyl (C=O) groups excluding carboxylic acids is 2. The van der Waals surface area contributed by atoms with Crippen molar-refractivity contribution in [2.24, 2.45) is 0 Å². The van der Waals surface area contributed by atoms with Crippen molar-refractivity contribution in [3.8, 4) is 0 Å². The zero-order chi connectivity index (χ0) is 52.6. The predicted molar refractivity (Wildman–Crippen MR) is 253 cm³/mol. The van der Waals surface area contributed by atoms with Crippen molar-refractivity contribution in [1.29, 1.82) is 0 Å². The number of benzene rings is 1. The molecule has 0 radical (unpaired) electrons. The lowest BCUT2D eigenvalue weighted by atomic mass is 10.1. The van der Waals surface area contributed by atoms with Crippen LogP contribution in [0.3, 0.4) is 0 Å². The molecule has 0 spiro atoms. The Bertz CT molecular complexity index is 3130. The number of nitrogens with two attached hydrogens (primary N) is 1. The fraction of sp³-hybridized carbons (Fsp3) is 0.410. The summed E-state index contributed by atoms with van der Waals surface area (Å²) in [5, 5.41) is 16.9. The van der Waals surface area contributed by atoms with E-state index in [-0.39, 0.29) is 59.4 Å². The number of imidazole rings is 1. The fourth-order valence-corrected chi connectivity index (χ4v) is 11.3. The first kappa shape index (κ1) is 55.8. The number of carbonyl (C=O) groups is 2. The monoisotopic (exact) mass is 1090 g/mol. The number of phosphoric acid groups is 1. The second-order valence-corrected chi connectivity index (χ2v) is 22.0. The van der Waals surface area contributed by atoms with Crippen molar-refractivity contribution in [2.45, 2.75) is 75.5 Å². The maximum Gasteiger partial charge on any atom is 0.480 e. The summed E-state index contributed by atoms with van der Waals surface area (Å²) >= 11 is 0. The molecule has 11 N–H and O–H groups in total. The molecule has 0 bridgehead atoms. The van der Waals surface area contributed by atoms with Crippen molar-refractivity contribution in [2.75, 3.05) is 43.4 Å². The van der Waals surface area contributed by atoms with Gasteiger partial charge < -0.3 is 59.8 Å².